The molecule has 1 aromatic rings. The molecule has 7 heteroatoms. The lowest BCUT2D eigenvalue weighted by atomic mass is 9.97. The van der Waals surface area contributed by atoms with Crippen molar-refractivity contribution in [2.45, 2.75) is 78.0 Å². The van der Waals surface area contributed by atoms with Gasteiger partial charge in [-0.05, 0) is 72.5 Å². The van der Waals surface area contributed by atoms with Crippen LogP contribution in [0.1, 0.15) is 61.3 Å². The molecule has 1 N–H and O–H groups in total. The quantitative estimate of drug-likeness (QED) is 0.597. The lowest BCUT2D eigenvalue weighted by molar-refractivity contribution is 0.0000228. The van der Waals surface area contributed by atoms with Gasteiger partial charge in [0, 0.05) is 69.5 Å². The van der Waals surface area contributed by atoms with Crippen molar-refractivity contribution in [3.05, 3.63) is 23.0 Å². The molecule has 1 aromatic heterocycles. The summed E-state index contributed by atoms with van der Waals surface area (Å²) in [6, 6.07) is 3.78. The van der Waals surface area contributed by atoms with E-state index in [0.717, 1.165) is 56.1 Å². The third-order valence-electron chi connectivity index (χ3n) is 7.35. The molecule has 0 aromatic carbocycles. The molecule has 32 heavy (non-hydrogen) atoms. The Balaban J connectivity index is 1.58. The molecule has 2 fully saturated rings. The van der Waals surface area contributed by atoms with Crippen LogP contribution in [0, 0.1) is 13.8 Å². The van der Waals surface area contributed by atoms with Crippen LogP contribution in [0.2, 0.25) is 0 Å². The van der Waals surface area contributed by atoms with E-state index in [-0.39, 0.29) is 5.91 Å². The van der Waals surface area contributed by atoms with Crippen LogP contribution in [0.15, 0.2) is 6.07 Å². The maximum absolute atomic E-state index is 13.0. The van der Waals surface area contributed by atoms with Gasteiger partial charge in [0.15, 0.2) is 0 Å². The van der Waals surface area contributed by atoms with Crippen LogP contribution in [0.5, 0.6) is 0 Å². The molecule has 2 saturated heterocycles. The molecule has 0 atom stereocenters. The third kappa shape index (κ3) is 6.34. The largest absolute Gasteiger partial charge is 0.383 e. The maximum atomic E-state index is 13.0. The topological polar surface area (TPSA) is 59.0 Å². The van der Waals surface area contributed by atoms with Gasteiger partial charge in [0.05, 0.1) is 12.2 Å². The number of carbonyl (C=O) groups excluding carboxylic acids is 1. The highest BCUT2D eigenvalue weighted by atomic mass is 16.5. The number of nitrogens with one attached hydrogen (secondary N) is 1. The first-order chi connectivity index (χ1) is 15.4. The van der Waals surface area contributed by atoms with E-state index < -0.39 is 0 Å². The molecule has 0 unspecified atom stereocenters. The normalized spacial score (nSPS) is 19.2. The van der Waals surface area contributed by atoms with Gasteiger partial charge in [-0.25, -0.2) is 0 Å². The highest BCUT2D eigenvalue weighted by Crippen LogP contribution is 2.24. The van der Waals surface area contributed by atoms with Crippen molar-refractivity contribution in [1.82, 2.24) is 19.7 Å². The number of carbonyl (C=O) groups is 1. The monoisotopic (exact) mass is 448 g/mol. The van der Waals surface area contributed by atoms with Crippen molar-refractivity contribution in [2.24, 2.45) is 0 Å². The third-order valence-corrected chi connectivity index (χ3v) is 7.35. The molecule has 182 valence electrons. The number of methoxy groups -OCH3 is 1. The minimum Gasteiger partial charge on any atom is -0.383 e. The Morgan fingerprint density at radius 3 is 2.47 bits per heavy atom. The number of aryl methyl sites for hydroxylation is 1. The number of hydrogen-bond donors (Lipinski definition) is 1. The Hall–Kier alpha value is -1.41. The SMILES string of the molecule is COCCn1c(C)cc(C(=O)NCCN(C2CCOCC2)C2CCN(C(C)C)CC2)c1C. The van der Waals surface area contributed by atoms with Crippen LogP contribution in [-0.4, -0.2) is 91.5 Å². The summed E-state index contributed by atoms with van der Waals surface area (Å²) in [6.45, 7) is 15.7. The Labute approximate surface area is 194 Å². The molecule has 3 heterocycles. The van der Waals surface area contributed by atoms with E-state index in [1.54, 1.807) is 7.11 Å². The fourth-order valence-electron chi connectivity index (χ4n) is 5.37. The Morgan fingerprint density at radius 1 is 1.19 bits per heavy atom. The lowest BCUT2D eigenvalue weighted by Crippen LogP contribution is -2.53. The molecule has 0 spiro atoms. The fraction of sp³-hybridized carbons (Fsp3) is 0.800. The van der Waals surface area contributed by atoms with Crippen molar-refractivity contribution in [1.29, 1.82) is 0 Å². The van der Waals surface area contributed by atoms with Gasteiger partial charge >= 0.3 is 0 Å². The number of hydrogen-bond acceptors (Lipinski definition) is 5. The van der Waals surface area contributed by atoms with Gasteiger partial charge in [-0.1, -0.05) is 0 Å². The smallest absolute Gasteiger partial charge is 0.253 e. The Bertz CT molecular complexity index is 719. The zero-order valence-electron chi connectivity index (χ0n) is 20.9. The number of piperidine rings is 1. The zero-order chi connectivity index (χ0) is 23.1. The molecule has 7 nitrogen and oxygen atoms in total. The predicted molar refractivity (Wildman–Crippen MR) is 128 cm³/mol. The highest BCUT2D eigenvalue weighted by Gasteiger charge is 2.31. The first-order valence-corrected chi connectivity index (χ1v) is 12.4. The summed E-state index contributed by atoms with van der Waals surface area (Å²) in [5.74, 6) is 0.0309. The van der Waals surface area contributed by atoms with Crippen LogP contribution in [0.25, 0.3) is 0 Å². The molecule has 3 rings (SSSR count). The number of nitrogens with zero attached hydrogens (tertiary/aromatic N) is 3. The molecule has 0 radical (unpaired) electrons. The summed E-state index contributed by atoms with van der Waals surface area (Å²) in [4.78, 5) is 18.2. The molecule has 0 saturated carbocycles. The molecule has 2 aliphatic heterocycles. The highest BCUT2D eigenvalue weighted by molar-refractivity contribution is 5.95. The number of amides is 1. The molecular weight excluding hydrogens is 404 g/mol. The van der Waals surface area contributed by atoms with Crippen molar-refractivity contribution < 1.29 is 14.3 Å². The second-order valence-corrected chi connectivity index (χ2v) is 9.63. The molecule has 2 aliphatic rings. The van der Waals surface area contributed by atoms with E-state index in [2.05, 4.69) is 40.5 Å². The van der Waals surface area contributed by atoms with Gasteiger partial charge in [0.25, 0.3) is 5.91 Å². The maximum Gasteiger partial charge on any atom is 0.253 e. The fourth-order valence-corrected chi connectivity index (χ4v) is 5.37. The van der Waals surface area contributed by atoms with Crippen molar-refractivity contribution in [3.8, 4) is 0 Å². The van der Waals surface area contributed by atoms with Gasteiger partial charge in [0.2, 0.25) is 0 Å². The second-order valence-electron chi connectivity index (χ2n) is 9.63. The summed E-state index contributed by atoms with van der Waals surface area (Å²) in [5, 5.41) is 3.21. The van der Waals surface area contributed by atoms with Crippen LogP contribution in [0.3, 0.4) is 0 Å². The molecule has 1 amide bonds. The Kier molecular flexibility index (Phi) is 9.59. The van der Waals surface area contributed by atoms with Crippen LogP contribution >= 0.6 is 0 Å². The van der Waals surface area contributed by atoms with Crippen molar-refractivity contribution in [3.63, 3.8) is 0 Å². The summed E-state index contributed by atoms with van der Waals surface area (Å²) < 4.78 is 13.0. The molecular formula is C25H44N4O3. The van der Waals surface area contributed by atoms with Crippen molar-refractivity contribution >= 4 is 5.91 Å². The van der Waals surface area contributed by atoms with Crippen LogP contribution < -0.4 is 5.32 Å². The van der Waals surface area contributed by atoms with Crippen LogP contribution in [-0.2, 0) is 16.0 Å². The second kappa shape index (κ2) is 12.2. The van der Waals surface area contributed by atoms with E-state index in [4.69, 9.17) is 9.47 Å². The van der Waals surface area contributed by atoms with Crippen molar-refractivity contribution in [2.75, 3.05) is 53.1 Å². The van der Waals surface area contributed by atoms with Gasteiger partial charge in [-0.3, -0.25) is 9.69 Å². The minimum absolute atomic E-state index is 0.0309. The summed E-state index contributed by atoms with van der Waals surface area (Å²) >= 11 is 0. The minimum atomic E-state index is 0.0309. The van der Waals surface area contributed by atoms with E-state index in [0.29, 0.717) is 31.3 Å². The predicted octanol–water partition coefficient (Wildman–Crippen LogP) is 2.83. The van der Waals surface area contributed by atoms with E-state index in [1.165, 1.54) is 25.9 Å². The zero-order valence-corrected chi connectivity index (χ0v) is 20.9. The van der Waals surface area contributed by atoms with Gasteiger partial charge in [-0.2, -0.15) is 0 Å². The van der Waals surface area contributed by atoms with Gasteiger partial charge < -0.3 is 24.3 Å². The average molecular weight is 449 g/mol. The Morgan fingerprint density at radius 2 is 1.84 bits per heavy atom. The number of likely N-dealkylation sites (tertiary alicyclic amines) is 1. The van der Waals surface area contributed by atoms with Gasteiger partial charge in [0.1, 0.15) is 0 Å². The average Bonchev–Trinajstić information content (AvgIpc) is 3.09. The first kappa shape index (κ1) is 25.2. The van der Waals surface area contributed by atoms with E-state index >= 15 is 0 Å². The number of ether oxygens (including phenoxy) is 2. The van der Waals surface area contributed by atoms with Gasteiger partial charge in [-0.15, -0.1) is 0 Å². The van der Waals surface area contributed by atoms with E-state index in [9.17, 15) is 4.79 Å². The van der Waals surface area contributed by atoms with E-state index in [1.807, 2.05) is 13.0 Å². The van der Waals surface area contributed by atoms with Crippen LogP contribution in [0.4, 0.5) is 0 Å². The molecule has 0 aliphatic carbocycles. The first-order valence-electron chi connectivity index (χ1n) is 12.4. The standard InChI is InChI=1S/C25H44N4O3/c1-19(2)27-11-6-22(7-12-27)29(23-8-15-32-16-9-23)13-10-26-25(30)24-18-20(3)28(21(24)4)14-17-31-5/h18-19,22-23H,6-17H2,1-5H3,(H,26,30). The summed E-state index contributed by atoms with van der Waals surface area (Å²) in [6.07, 6.45) is 4.62. The molecule has 0 bridgehead atoms. The summed E-state index contributed by atoms with van der Waals surface area (Å²) in [5.41, 5.74) is 2.89. The lowest BCUT2D eigenvalue weighted by Gasteiger charge is -2.44. The number of aromatic nitrogens is 1. The summed E-state index contributed by atoms with van der Waals surface area (Å²) in [7, 11) is 1.71. The number of rotatable bonds is 10.